The Hall–Kier alpha value is -4.08. The number of nitrogens with zero attached hydrogens (tertiary/aromatic N) is 4. The third-order valence-electron chi connectivity index (χ3n) is 6.06. The fourth-order valence-corrected chi connectivity index (χ4v) is 4.07. The first-order chi connectivity index (χ1) is 21.2. The highest BCUT2D eigenvalue weighted by molar-refractivity contribution is 5.84. The van der Waals surface area contributed by atoms with Crippen molar-refractivity contribution < 1.29 is 45.3 Å². The number of aromatic nitrogens is 4. The predicted molar refractivity (Wildman–Crippen MR) is 153 cm³/mol. The van der Waals surface area contributed by atoms with Crippen LogP contribution in [-0.2, 0) is 9.53 Å². The van der Waals surface area contributed by atoms with E-state index in [0.29, 0.717) is 43.9 Å². The number of carbonyl (C=O) groups is 1. The zero-order valence-electron chi connectivity index (χ0n) is 25.0. The van der Waals surface area contributed by atoms with E-state index in [-0.39, 0.29) is 42.5 Å². The van der Waals surface area contributed by atoms with Crippen LogP contribution in [0.15, 0.2) is 42.9 Å². The van der Waals surface area contributed by atoms with E-state index in [2.05, 4.69) is 30.3 Å². The maximum Gasteiger partial charge on any atom is 0.573 e. The third kappa shape index (κ3) is 12.8. The summed E-state index contributed by atoms with van der Waals surface area (Å²) in [5.74, 6) is -0.355. The molecule has 0 saturated heterocycles. The molecule has 10 nitrogen and oxygen atoms in total. The number of halogens is 6. The Kier molecular flexibility index (Phi) is 12.8. The van der Waals surface area contributed by atoms with E-state index in [1.807, 2.05) is 20.8 Å². The number of hydrogen-bond donors (Lipinski definition) is 2. The van der Waals surface area contributed by atoms with Crippen molar-refractivity contribution in [3.8, 4) is 28.8 Å². The zero-order chi connectivity index (χ0) is 33.0. The van der Waals surface area contributed by atoms with E-state index >= 15 is 0 Å². The van der Waals surface area contributed by atoms with Crippen molar-refractivity contribution in [2.45, 2.75) is 65.0 Å². The molecule has 248 valence electrons. The van der Waals surface area contributed by atoms with Crippen molar-refractivity contribution in [1.29, 1.82) is 0 Å². The summed E-state index contributed by atoms with van der Waals surface area (Å²) < 4.78 is 91.6. The smallest absolute Gasteiger partial charge is 0.477 e. The Bertz CT molecular complexity index is 1350. The van der Waals surface area contributed by atoms with Gasteiger partial charge in [0, 0.05) is 44.0 Å². The van der Waals surface area contributed by atoms with Crippen LogP contribution < -0.4 is 20.1 Å². The van der Waals surface area contributed by atoms with E-state index in [4.69, 9.17) is 9.47 Å². The van der Waals surface area contributed by atoms with E-state index < -0.39 is 30.8 Å². The summed E-state index contributed by atoms with van der Waals surface area (Å²) in [5.41, 5.74) is 0.839. The quantitative estimate of drug-likeness (QED) is 0.130. The van der Waals surface area contributed by atoms with Crippen LogP contribution in [0.2, 0.25) is 0 Å². The molecule has 3 rings (SSSR count). The second kappa shape index (κ2) is 16.3. The molecule has 2 N–H and O–H groups in total. The van der Waals surface area contributed by atoms with Crippen LogP contribution in [0.1, 0.15) is 46.5 Å². The average Bonchev–Trinajstić information content (AvgIpc) is 3.44. The second-order valence-electron chi connectivity index (χ2n) is 10.4. The van der Waals surface area contributed by atoms with Gasteiger partial charge in [-0.05, 0) is 56.4 Å². The first kappa shape index (κ1) is 35.4. The lowest BCUT2D eigenvalue weighted by atomic mass is 10.0. The number of hydrogen-bond acceptors (Lipinski definition) is 8. The molecule has 0 spiro atoms. The van der Waals surface area contributed by atoms with Gasteiger partial charge in [0.2, 0.25) is 17.7 Å². The third-order valence-corrected chi connectivity index (χ3v) is 6.06. The number of carbonyl (C=O) groups excluding carboxylic acids is 1. The molecule has 0 fully saturated rings. The minimum atomic E-state index is -4.83. The van der Waals surface area contributed by atoms with Gasteiger partial charge in [-0.3, -0.25) is 9.36 Å². The average molecular weight is 647 g/mol. The molecule has 0 saturated carbocycles. The highest BCUT2D eigenvalue weighted by Crippen LogP contribution is 2.27. The number of ether oxygens (including phenoxy) is 3. The van der Waals surface area contributed by atoms with Gasteiger partial charge in [0.15, 0.2) is 0 Å². The SMILES string of the molecule is CCOCCCNC(=O)C(CC(C)C)Nc1cc(OCCCC(F)(F)F)nc(-n2cnc(-c3ccc(OC(F)(F)F)cc3)c2)n1. The fraction of sp³-hybridized carbons (Fsp3) is 0.517. The van der Waals surface area contributed by atoms with Crippen LogP contribution in [0, 0.1) is 5.92 Å². The van der Waals surface area contributed by atoms with Crippen LogP contribution in [0.3, 0.4) is 0 Å². The molecule has 3 aromatic rings. The van der Waals surface area contributed by atoms with Crippen molar-refractivity contribution in [1.82, 2.24) is 24.8 Å². The molecule has 1 unspecified atom stereocenters. The molecule has 1 atom stereocenters. The van der Waals surface area contributed by atoms with Gasteiger partial charge in [0.25, 0.3) is 0 Å². The maximum atomic E-state index is 13.0. The summed E-state index contributed by atoms with van der Waals surface area (Å²) in [6.45, 7) is 6.99. The number of amides is 1. The number of rotatable bonds is 17. The molecule has 1 aromatic carbocycles. The van der Waals surface area contributed by atoms with Crippen LogP contribution in [0.5, 0.6) is 11.6 Å². The van der Waals surface area contributed by atoms with E-state index in [1.54, 1.807) is 0 Å². The molecule has 0 aliphatic rings. The summed E-state index contributed by atoms with van der Waals surface area (Å²) >= 11 is 0. The maximum absolute atomic E-state index is 13.0. The first-order valence-electron chi connectivity index (χ1n) is 14.3. The summed E-state index contributed by atoms with van der Waals surface area (Å²) in [4.78, 5) is 26.1. The van der Waals surface area contributed by atoms with Gasteiger partial charge in [-0.1, -0.05) is 13.8 Å². The zero-order valence-corrected chi connectivity index (χ0v) is 25.0. The summed E-state index contributed by atoms with van der Waals surface area (Å²) in [5, 5.41) is 5.97. The molecule has 0 bridgehead atoms. The first-order valence-corrected chi connectivity index (χ1v) is 14.3. The number of alkyl halides is 6. The van der Waals surface area contributed by atoms with Gasteiger partial charge < -0.3 is 24.8 Å². The van der Waals surface area contributed by atoms with Crippen molar-refractivity contribution in [2.75, 3.05) is 31.7 Å². The molecule has 0 aliphatic carbocycles. The van der Waals surface area contributed by atoms with Gasteiger partial charge in [-0.2, -0.15) is 23.1 Å². The molecular weight excluding hydrogens is 610 g/mol. The molecule has 0 radical (unpaired) electrons. The largest absolute Gasteiger partial charge is 0.573 e. The standard InChI is InChI=1S/C29H36F6N6O4/c1-4-43-13-6-12-36-26(42)22(15-19(2)3)38-24-16-25(44-14-5-11-28(30,31)32)40-27(39-24)41-17-23(37-18-41)20-7-9-21(10-8-20)45-29(33,34)35/h7-10,16-19,22H,4-6,11-15H2,1-3H3,(H,36,42)(H,38,39,40). The Labute approximate surface area is 256 Å². The van der Waals surface area contributed by atoms with Crippen LogP contribution in [0.4, 0.5) is 32.2 Å². The van der Waals surface area contributed by atoms with Crippen molar-refractivity contribution in [2.24, 2.45) is 5.92 Å². The van der Waals surface area contributed by atoms with E-state index in [0.717, 1.165) is 12.1 Å². The lowest BCUT2D eigenvalue weighted by molar-refractivity contribution is -0.274. The number of nitrogens with one attached hydrogen (secondary N) is 2. The van der Waals surface area contributed by atoms with Crippen molar-refractivity contribution in [3.05, 3.63) is 42.9 Å². The Morgan fingerprint density at radius 2 is 1.76 bits per heavy atom. The molecule has 2 aromatic heterocycles. The predicted octanol–water partition coefficient (Wildman–Crippen LogP) is 6.32. The van der Waals surface area contributed by atoms with Crippen LogP contribution in [0.25, 0.3) is 17.2 Å². The lowest BCUT2D eigenvalue weighted by Crippen LogP contribution is -2.41. The van der Waals surface area contributed by atoms with Gasteiger partial charge in [-0.25, -0.2) is 4.98 Å². The van der Waals surface area contributed by atoms with Crippen LogP contribution >= 0.6 is 0 Å². The summed E-state index contributed by atoms with van der Waals surface area (Å²) in [7, 11) is 0. The summed E-state index contributed by atoms with van der Waals surface area (Å²) in [6.07, 6.45) is -6.55. The topological polar surface area (TPSA) is 112 Å². The number of benzene rings is 1. The Morgan fingerprint density at radius 1 is 1.02 bits per heavy atom. The minimum absolute atomic E-state index is 0.0296. The van der Waals surface area contributed by atoms with Crippen molar-refractivity contribution >= 4 is 11.7 Å². The molecule has 2 heterocycles. The highest BCUT2D eigenvalue weighted by atomic mass is 19.4. The lowest BCUT2D eigenvalue weighted by Gasteiger charge is -2.21. The van der Waals surface area contributed by atoms with Gasteiger partial charge in [-0.15, -0.1) is 13.2 Å². The molecule has 1 amide bonds. The van der Waals surface area contributed by atoms with Crippen molar-refractivity contribution in [3.63, 3.8) is 0 Å². The fourth-order valence-electron chi connectivity index (χ4n) is 4.07. The molecule has 45 heavy (non-hydrogen) atoms. The monoisotopic (exact) mass is 646 g/mol. The van der Waals surface area contributed by atoms with Gasteiger partial charge in [0.1, 0.15) is 23.9 Å². The molecule has 16 heteroatoms. The van der Waals surface area contributed by atoms with E-state index in [9.17, 15) is 31.1 Å². The van der Waals surface area contributed by atoms with Crippen LogP contribution in [-0.4, -0.2) is 70.4 Å². The second-order valence-corrected chi connectivity index (χ2v) is 10.4. The normalized spacial score (nSPS) is 12.7. The minimum Gasteiger partial charge on any atom is -0.477 e. The Balaban J connectivity index is 1.84. The van der Waals surface area contributed by atoms with Gasteiger partial charge >= 0.3 is 12.5 Å². The number of anilines is 1. The van der Waals surface area contributed by atoms with Gasteiger partial charge in [0.05, 0.1) is 12.3 Å². The number of imidazole rings is 1. The summed E-state index contributed by atoms with van der Waals surface area (Å²) in [6, 6.07) is 5.77. The van der Waals surface area contributed by atoms with E-state index in [1.165, 1.54) is 35.3 Å². The Morgan fingerprint density at radius 3 is 2.40 bits per heavy atom. The molecular formula is C29H36F6N6O4. The highest BCUT2D eigenvalue weighted by Gasteiger charge is 2.31. The molecule has 0 aliphatic heterocycles.